The highest BCUT2D eigenvalue weighted by molar-refractivity contribution is 5.75. The second-order valence-electron chi connectivity index (χ2n) is 7.85. The minimum Gasteiger partial charge on any atom is -0.393 e. The minimum absolute atomic E-state index is 0.249. The van der Waals surface area contributed by atoms with Gasteiger partial charge >= 0.3 is 0 Å². The number of rotatable bonds is 7. The van der Waals surface area contributed by atoms with Gasteiger partial charge in [0.15, 0.2) is 11.6 Å². The predicted octanol–water partition coefficient (Wildman–Crippen LogP) is 3.82. The Morgan fingerprint density at radius 2 is 1.39 bits per heavy atom. The van der Waals surface area contributed by atoms with Gasteiger partial charge in [0.2, 0.25) is 0 Å². The summed E-state index contributed by atoms with van der Waals surface area (Å²) in [6.07, 6.45) is 1.64. The van der Waals surface area contributed by atoms with Crippen LogP contribution in [0.25, 0.3) is 0 Å². The summed E-state index contributed by atoms with van der Waals surface area (Å²) in [5, 5.41) is 0. The monoisotopic (exact) mass is 416 g/mol. The Kier molecular flexibility index (Phi) is 6.67. The van der Waals surface area contributed by atoms with Crippen LogP contribution in [0.3, 0.4) is 0 Å². The number of anilines is 3. The summed E-state index contributed by atoms with van der Waals surface area (Å²) in [6.45, 7) is 9.65. The molecular weight excluding hydrogens is 384 g/mol. The Labute approximate surface area is 185 Å². The molecule has 6 nitrogen and oxygen atoms in total. The van der Waals surface area contributed by atoms with Crippen molar-refractivity contribution in [2.75, 3.05) is 54.8 Å². The summed E-state index contributed by atoms with van der Waals surface area (Å²) in [5.74, 6) is 1.69. The third kappa shape index (κ3) is 4.49. The van der Waals surface area contributed by atoms with E-state index in [0.717, 1.165) is 50.9 Å². The number of hydrogen-bond acceptors (Lipinski definition) is 6. The molecule has 1 aliphatic heterocycles. The summed E-state index contributed by atoms with van der Waals surface area (Å²) >= 11 is 0. The number of piperazine rings is 1. The van der Waals surface area contributed by atoms with Crippen LogP contribution in [0.1, 0.15) is 31.0 Å². The van der Waals surface area contributed by atoms with E-state index >= 15 is 0 Å². The van der Waals surface area contributed by atoms with Gasteiger partial charge in [0.1, 0.15) is 12.0 Å². The van der Waals surface area contributed by atoms with Crippen molar-refractivity contribution in [1.82, 2.24) is 14.9 Å². The molecular formula is C25H32N6. The summed E-state index contributed by atoms with van der Waals surface area (Å²) in [7, 11) is 0. The number of hydrogen-bond donors (Lipinski definition) is 1. The van der Waals surface area contributed by atoms with Gasteiger partial charge in [0.05, 0.1) is 6.04 Å². The maximum atomic E-state index is 6.52. The van der Waals surface area contributed by atoms with Crippen molar-refractivity contribution in [3.8, 4) is 0 Å². The first-order valence-electron chi connectivity index (χ1n) is 11.2. The third-order valence-corrected chi connectivity index (χ3v) is 6.11. The zero-order valence-corrected chi connectivity index (χ0v) is 18.5. The van der Waals surface area contributed by atoms with Crippen LogP contribution < -0.4 is 15.5 Å². The van der Waals surface area contributed by atoms with E-state index < -0.39 is 0 Å². The summed E-state index contributed by atoms with van der Waals surface area (Å²) < 4.78 is 0. The topological polar surface area (TPSA) is 61.5 Å². The molecule has 0 unspecified atom stereocenters. The number of nitrogen functional groups attached to an aromatic ring is 1. The van der Waals surface area contributed by atoms with Crippen LogP contribution in [0.4, 0.5) is 17.3 Å². The first kappa shape index (κ1) is 21.1. The van der Waals surface area contributed by atoms with Gasteiger partial charge in [-0.1, -0.05) is 60.7 Å². The molecule has 3 aromatic rings. The highest BCUT2D eigenvalue weighted by atomic mass is 15.3. The van der Waals surface area contributed by atoms with Crippen molar-refractivity contribution in [2.24, 2.45) is 0 Å². The summed E-state index contributed by atoms with van der Waals surface area (Å²) in [5.41, 5.74) is 9.86. The average molecular weight is 417 g/mol. The van der Waals surface area contributed by atoms with Gasteiger partial charge in [-0.2, -0.15) is 0 Å². The highest BCUT2D eigenvalue weighted by Crippen LogP contribution is 2.33. The normalized spacial score (nSPS) is 14.7. The molecule has 0 bridgehead atoms. The number of benzene rings is 2. The van der Waals surface area contributed by atoms with Crippen LogP contribution in [0.5, 0.6) is 0 Å². The van der Waals surface area contributed by atoms with E-state index in [1.165, 1.54) is 11.1 Å². The molecule has 2 aromatic carbocycles. The molecule has 1 aromatic heterocycles. The van der Waals surface area contributed by atoms with Gasteiger partial charge in [0, 0.05) is 39.3 Å². The van der Waals surface area contributed by atoms with E-state index in [0.29, 0.717) is 5.69 Å². The Hall–Kier alpha value is -3.12. The lowest BCUT2D eigenvalue weighted by Gasteiger charge is -2.40. The Morgan fingerprint density at radius 3 is 1.90 bits per heavy atom. The number of nitrogens with two attached hydrogens (primary N) is 1. The average Bonchev–Trinajstić information content (AvgIpc) is 2.83. The number of nitrogens with zero attached hydrogens (tertiary/aromatic N) is 5. The molecule has 0 saturated carbocycles. The van der Waals surface area contributed by atoms with Crippen LogP contribution in [0.2, 0.25) is 0 Å². The Morgan fingerprint density at radius 1 is 0.839 bits per heavy atom. The van der Waals surface area contributed by atoms with Crippen LogP contribution in [-0.4, -0.2) is 54.1 Å². The molecule has 4 rings (SSSR count). The van der Waals surface area contributed by atoms with Gasteiger partial charge in [-0.05, 0) is 25.0 Å². The maximum absolute atomic E-state index is 6.52. The largest absolute Gasteiger partial charge is 0.393 e. The fourth-order valence-corrected chi connectivity index (χ4v) is 4.48. The van der Waals surface area contributed by atoms with Crippen molar-refractivity contribution in [2.45, 2.75) is 19.9 Å². The zero-order chi connectivity index (χ0) is 21.6. The second-order valence-corrected chi connectivity index (χ2v) is 7.85. The van der Waals surface area contributed by atoms with Gasteiger partial charge in [0.25, 0.3) is 0 Å². The molecule has 1 fully saturated rings. The van der Waals surface area contributed by atoms with E-state index in [2.05, 4.69) is 99.2 Å². The van der Waals surface area contributed by atoms with Gasteiger partial charge in [-0.15, -0.1) is 0 Å². The quantitative estimate of drug-likeness (QED) is 0.632. The third-order valence-electron chi connectivity index (χ3n) is 6.11. The van der Waals surface area contributed by atoms with Crippen molar-refractivity contribution in [3.63, 3.8) is 0 Å². The van der Waals surface area contributed by atoms with E-state index in [-0.39, 0.29) is 6.04 Å². The second kappa shape index (κ2) is 9.79. The molecule has 2 heterocycles. The lowest BCUT2D eigenvalue weighted by Crippen LogP contribution is -2.48. The van der Waals surface area contributed by atoms with Gasteiger partial charge < -0.3 is 15.5 Å². The van der Waals surface area contributed by atoms with E-state index in [9.17, 15) is 0 Å². The molecule has 1 saturated heterocycles. The van der Waals surface area contributed by atoms with E-state index in [1.54, 1.807) is 6.33 Å². The Balaban J connectivity index is 1.54. The maximum Gasteiger partial charge on any atom is 0.157 e. The predicted molar refractivity (Wildman–Crippen MR) is 129 cm³/mol. The van der Waals surface area contributed by atoms with Gasteiger partial charge in [-0.3, -0.25) is 4.90 Å². The fourth-order valence-electron chi connectivity index (χ4n) is 4.48. The molecule has 1 aliphatic rings. The SMILES string of the molecule is CCN(CC)c1ncnc(N2CCN(C(c3ccccc3)c3ccccc3)CC2)c1N. The molecule has 0 atom stereocenters. The lowest BCUT2D eigenvalue weighted by atomic mass is 9.96. The molecule has 2 N–H and O–H groups in total. The highest BCUT2D eigenvalue weighted by Gasteiger charge is 2.28. The molecule has 162 valence electrons. The molecule has 0 amide bonds. The lowest BCUT2D eigenvalue weighted by molar-refractivity contribution is 0.212. The molecule has 31 heavy (non-hydrogen) atoms. The van der Waals surface area contributed by atoms with Crippen LogP contribution in [0, 0.1) is 0 Å². The van der Waals surface area contributed by atoms with Crippen molar-refractivity contribution < 1.29 is 0 Å². The van der Waals surface area contributed by atoms with Crippen LogP contribution in [0.15, 0.2) is 67.0 Å². The zero-order valence-electron chi connectivity index (χ0n) is 18.5. The van der Waals surface area contributed by atoms with E-state index in [1.807, 2.05) is 0 Å². The standard InChI is InChI=1S/C25H32N6/c1-3-29(4-2)24-22(26)25(28-19-27-24)31-17-15-30(16-18-31)23(20-11-7-5-8-12-20)21-13-9-6-10-14-21/h5-14,19,23H,3-4,15-18,26H2,1-2H3. The molecule has 6 heteroatoms. The molecule has 0 spiro atoms. The van der Waals surface area contributed by atoms with Crippen molar-refractivity contribution >= 4 is 17.3 Å². The first-order chi connectivity index (χ1) is 15.2. The summed E-state index contributed by atoms with van der Waals surface area (Å²) in [4.78, 5) is 16.0. The molecule has 0 radical (unpaired) electrons. The number of aromatic nitrogens is 2. The smallest absolute Gasteiger partial charge is 0.157 e. The Bertz CT molecular complexity index is 911. The van der Waals surface area contributed by atoms with Crippen molar-refractivity contribution in [3.05, 3.63) is 78.1 Å². The van der Waals surface area contributed by atoms with Gasteiger partial charge in [-0.25, -0.2) is 9.97 Å². The van der Waals surface area contributed by atoms with Crippen molar-refractivity contribution in [1.29, 1.82) is 0 Å². The van der Waals surface area contributed by atoms with E-state index in [4.69, 9.17) is 5.73 Å². The minimum atomic E-state index is 0.249. The van der Waals surface area contributed by atoms with Crippen LogP contribution in [-0.2, 0) is 0 Å². The summed E-state index contributed by atoms with van der Waals surface area (Å²) in [6, 6.07) is 21.8. The first-order valence-corrected chi connectivity index (χ1v) is 11.2. The fraction of sp³-hybridized carbons (Fsp3) is 0.360. The van der Waals surface area contributed by atoms with Crippen LogP contribution >= 0.6 is 0 Å². The molecule has 0 aliphatic carbocycles.